The fourth-order valence-corrected chi connectivity index (χ4v) is 2.14. The molecule has 2 amide bonds. The molecular formula is C14H19N3O2. The Labute approximate surface area is 113 Å². The fourth-order valence-electron chi connectivity index (χ4n) is 2.14. The van der Waals surface area contributed by atoms with Gasteiger partial charge in [-0.2, -0.15) is 0 Å². The second kappa shape index (κ2) is 6.33. The summed E-state index contributed by atoms with van der Waals surface area (Å²) < 4.78 is 0. The zero-order valence-electron chi connectivity index (χ0n) is 11.1. The van der Waals surface area contributed by atoms with E-state index in [4.69, 9.17) is 0 Å². The molecule has 1 aliphatic rings. The van der Waals surface area contributed by atoms with E-state index in [0.717, 1.165) is 30.8 Å². The van der Waals surface area contributed by atoms with Crippen molar-refractivity contribution in [3.8, 4) is 0 Å². The first-order valence-electron chi connectivity index (χ1n) is 6.61. The van der Waals surface area contributed by atoms with Crippen molar-refractivity contribution in [3.63, 3.8) is 0 Å². The highest BCUT2D eigenvalue weighted by Gasteiger charge is 2.23. The standard InChI is InChI=1S/C14H19N3O2/c1-2-11-5-3-4-6-12(11)16-13(18)14(19)17-9-7-15-8-10-17/h3-6,15H,2,7-10H2,1H3,(H,16,18). The van der Waals surface area contributed by atoms with Crippen molar-refractivity contribution in [1.82, 2.24) is 10.2 Å². The van der Waals surface area contributed by atoms with Gasteiger partial charge in [0.2, 0.25) is 0 Å². The zero-order chi connectivity index (χ0) is 13.7. The summed E-state index contributed by atoms with van der Waals surface area (Å²) in [5, 5.41) is 5.86. The molecule has 0 aromatic heterocycles. The molecule has 0 radical (unpaired) electrons. The summed E-state index contributed by atoms with van der Waals surface area (Å²) in [6.45, 7) is 4.67. The van der Waals surface area contributed by atoms with E-state index in [1.807, 2.05) is 31.2 Å². The molecule has 19 heavy (non-hydrogen) atoms. The molecule has 1 aromatic carbocycles. The highest BCUT2D eigenvalue weighted by atomic mass is 16.2. The highest BCUT2D eigenvalue weighted by Crippen LogP contribution is 2.15. The largest absolute Gasteiger partial charge is 0.332 e. The lowest BCUT2D eigenvalue weighted by Gasteiger charge is -2.26. The van der Waals surface area contributed by atoms with Crippen LogP contribution in [0.25, 0.3) is 0 Å². The number of hydrogen-bond acceptors (Lipinski definition) is 3. The Morgan fingerprint density at radius 3 is 2.63 bits per heavy atom. The summed E-state index contributed by atoms with van der Waals surface area (Å²) >= 11 is 0. The second-order valence-corrected chi connectivity index (χ2v) is 4.51. The summed E-state index contributed by atoms with van der Waals surface area (Å²) in [7, 11) is 0. The first-order chi connectivity index (χ1) is 9.22. The Hall–Kier alpha value is -1.88. The molecule has 5 heteroatoms. The first-order valence-corrected chi connectivity index (χ1v) is 6.61. The molecule has 5 nitrogen and oxygen atoms in total. The Bertz CT molecular complexity index is 468. The third-order valence-electron chi connectivity index (χ3n) is 3.24. The van der Waals surface area contributed by atoms with Crippen LogP contribution in [0.2, 0.25) is 0 Å². The summed E-state index contributed by atoms with van der Waals surface area (Å²) in [5.41, 5.74) is 1.75. The highest BCUT2D eigenvalue weighted by molar-refractivity contribution is 6.39. The van der Waals surface area contributed by atoms with E-state index in [0.29, 0.717) is 13.1 Å². The van der Waals surface area contributed by atoms with Gasteiger partial charge < -0.3 is 15.5 Å². The number of hydrogen-bond donors (Lipinski definition) is 2. The van der Waals surface area contributed by atoms with E-state index < -0.39 is 11.8 Å². The molecule has 0 saturated carbocycles. The summed E-state index contributed by atoms with van der Waals surface area (Å²) in [6, 6.07) is 7.54. The summed E-state index contributed by atoms with van der Waals surface area (Å²) in [4.78, 5) is 25.5. The number of aryl methyl sites for hydroxylation is 1. The van der Waals surface area contributed by atoms with Crippen molar-refractivity contribution in [3.05, 3.63) is 29.8 Å². The van der Waals surface area contributed by atoms with Gasteiger partial charge in [0.15, 0.2) is 0 Å². The van der Waals surface area contributed by atoms with E-state index in [2.05, 4.69) is 10.6 Å². The minimum Gasteiger partial charge on any atom is -0.332 e. The van der Waals surface area contributed by atoms with Crippen LogP contribution in [0.1, 0.15) is 12.5 Å². The van der Waals surface area contributed by atoms with Gasteiger partial charge in [-0.3, -0.25) is 9.59 Å². The van der Waals surface area contributed by atoms with Gasteiger partial charge in [0.25, 0.3) is 0 Å². The van der Waals surface area contributed by atoms with Gasteiger partial charge in [0.05, 0.1) is 0 Å². The van der Waals surface area contributed by atoms with E-state index >= 15 is 0 Å². The number of amides is 2. The van der Waals surface area contributed by atoms with Crippen molar-refractivity contribution in [2.24, 2.45) is 0 Å². The van der Waals surface area contributed by atoms with Crippen LogP contribution in [0.15, 0.2) is 24.3 Å². The zero-order valence-corrected chi connectivity index (χ0v) is 11.1. The predicted molar refractivity (Wildman–Crippen MR) is 73.9 cm³/mol. The Kier molecular flexibility index (Phi) is 4.52. The lowest BCUT2D eigenvalue weighted by atomic mass is 10.1. The topological polar surface area (TPSA) is 61.4 Å². The van der Waals surface area contributed by atoms with E-state index in [-0.39, 0.29) is 0 Å². The van der Waals surface area contributed by atoms with Gasteiger partial charge in [-0.25, -0.2) is 0 Å². The van der Waals surface area contributed by atoms with Crippen molar-refractivity contribution in [2.45, 2.75) is 13.3 Å². The number of rotatable bonds is 2. The van der Waals surface area contributed by atoms with Crippen LogP contribution in [0, 0.1) is 0 Å². The Morgan fingerprint density at radius 1 is 1.26 bits per heavy atom. The molecule has 1 heterocycles. The van der Waals surface area contributed by atoms with Crippen LogP contribution in [0.4, 0.5) is 5.69 Å². The second-order valence-electron chi connectivity index (χ2n) is 4.51. The third kappa shape index (κ3) is 3.32. The Morgan fingerprint density at radius 2 is 1.95 bits per heavy atom. The van der Waals surface area contributed by atoms with Gasteiger partial charge in [-0.05, 0) is 18.1 Å². The molecule has 1 aliphatic heterocycles. The molecule has 0 unspecified atom stereocenters. The quantitative estimate of drug-likeness (QED) is 0.767. The molecule has 2 rings (SSSR count). The number of benzene rings is 1. The molecule has 102 valence electrons. The van der Waals surface area contributed by atoms with Gasteiger partial charge in [0, 0.05) is 31.9 Å². The van der Waals surface area contributed by atoms with Crippen LogP contribution >= 0.6 is 0 Å². The van der Waals surface area contributed by atoms with Gasteiger partial charge >= 0.3 is 11.8 Å². The molecule has 0 spiro atoms. The lowest BCUT2D eigenvalue weighted by molar-refractivity contribution is -0.143. The summed E-state index contributed by atoms with van der Waals surface area (Å²) in [6.07, 6.45) is 0.818. The number of carbonyl (C=O) groups is 2. The lowest BCUT2D eigenvalue weighted by Crippen LogP contribution is -2.49. The maximum atomic E-state index is 12.0. The predicted octanol–water partition coefficient (Wildman–Crippen LogP) is 0.619. The van der Waals surface area contributed by atoms with E-state index in [9.17, 15) is 9.59 Å². The van der Waals surface area contributed by atoms with Crippen molar-refractivity contribution in [1.29, 1.82) is 0 Å². The van der Waals surface area contributed by atoms with E-state index in [1.165, 1.54) is 0 Å². The molecule has 0 aliphatic carbocycles. The van der Waals surface area contributed by atoms with Crippen molar-refractivity contribution >= 4 is 17.5 Å². The van der Waals surface area contributed by atoms with Gasteiger partial charge in [0.1, 0.15) is 0 Å². The maximum Gasteiger partial charge on any atom is 0.313 e. The van der Waals surface area contributed by atoms with Crippen LogP contribution in [0.3, 0.4) is 0 Å². The molecule has 1 saturated heterocycles. The summed E-state index contributed by atoms with van der Waals surface area (Å²) in [5.74, 6) is -1.00. The molecule has 2 N–H and O–H groups in total. The smallest absolute Gasteiger partial charge is 0.313 e. The number of piperazine rings is 1. The van der Waals surface area contributed by atoms with Crippen LogP contribution in [0.5, 0.6) is 0 Å². The average Bonchev–Trinajstić information content (AvgIpc) is 2.48. The normalized spacial score (nSPS) is 15.1. The van der Waals surface area contributed by atoms with Gasteiger partial charge in [-0.15, -0.1) is 0 Å². The average molecular weight is 261 g/mol. The maximum absolute atomic E-state index is 12.0. The number of para-hydroxylation sites is 1. The van der Waals surface area contributed by atoms with E-state index in [1.54, 1.807) is 4.90 Å². The van der Waals surface area contributed by atoms with Crippen LogP contribution in [-0.4, -0.2) is 42.9 Å². The number of carbonyl (C=O) groups excluding carboxylic acids is 2. The van der Waals surface area contributed by atoms with Crippen LogP contribution in [-0.2, 0) is 16.0 Å². The number of nitrogens with zero attached hydrogens (tertiary/aromatic N) is 1. The molecule has 0 bridgehead atoms. The third-order valence-corrected chi connectivity index (χ3v) is 3.24. The molecule has 1 fully saturated rings. The van der Waals surface area contributed by atoms with Crippen molar-refractivity contribution < 1.29 is 9.59 Å². The monoisotopic (exact) mass is 261 g/mol. The molecule has 1 aromatic rings. The SMILES string of the molecule is CCc1ccccc1NC(=O)C(=O)N1CCNCC1. The molecular weight excluding hydrogens is 242 g/mol. The van der Waals surface area contributed by atoms with Crippen LogP contribution < -0.4 is 10.6 Å². The number of anilines is 1. The van der Waals surface area contributed by atoms with Crippen molar-refractivity contribution in [2.75, 3.05) is 31.5 Å². The molecule has 0 atom stereocenters. The Balaban J connectivity index is 2.01. The number of nitrogens with one attached hydrogen (secondary N) is 2. The fraction of sp³-hybridized carbons (Fsp3) is 0.429. The first kappa shape index (κ1) is 13.5. The van der Waals surface area contributed by atoms with Gasteiger partial charge in [-0.1, -0.05) is 25.1 Å². The minimum absolute atomic E-state index is 0.451. The minimum atomic E-state index is -0.553.